The van der Waals surface area contributed by atoms with Gasteiger partial charge in [0.05, 0.1) is 48.5 Å². The van der Waals surface area contributed by atoms with E-state index in [2.05, 4.69) is 4.90 Å². The van der Waals surface area contributed by atoms with Crippen LogP contribution < -0.4 is 9.47 Å². The number of nitrogens with zero attached hydrogens (tertiary/aromatic N) is 3. The van der Waals surface area contributed by atoms with Gasteiger partial charge < -0.3 is 14.2 Å². The number of hydrogen-bond donors (Lipinski definition) is 0. The maximum absolute atomic E-state index is 5.95. The zero-order valence-electron chi connectivity index (χ0n) is 16.7. The van der Waals surface area contributed by atoms with Crippen LogP contribution in [0, 0.1) is 5.92 Å². The van der Waals surface area contributed by atoms with Crippen LogP contribution in [0.2, 0.25) is 0 Å². The summed E-state index contributed by atoms with van der Waals surface area (Å²) in [6.45, 7) is 6.27. The zero-order chi connectivity index (χ0) is 19.5. The summed E-state index contributed by atoms with van der Waals surface area (Å²) < 4.78 is 17.2. The topological polar surface area (TPSA) is 56.7 Å². The predicted octanol–water partition coefficient (Wildman–Crippen LogP) is 3.67. The molecule has 29 heavy (non-hydrogen) atoms. The molecule has 1 aliphatic carbocycles. The van der Waals surface area contributed by atoms with E-state index in [9.17, 15) is 0 Å². The summed E-state index contributed by atoms with van der Waals surface area (Å²) in [5.41, 5.74) is 3.47. The van der Waals surface area contributed by atoms with Crippen molar-refractivity contribution in [3.63, 3.8) is 0 Å². The van der Waals surface area contributed by atoms with Gasteiger partial charge in [0.25, 0.3) is 0 Å². The SMILES string of the molecule is c1cc2nc3cc(OCC4CC4)ccc3nc2cc1OCCCN1CCOCC1. The van der Waals surface area contributed by atoms with Gasteiger partial charge in [0.2, 0.25) is 0 Å². The van der Waals surface area contributed by atoms with Crippen LogP contribution in [0.25, 0.3) is 22.1 Å². The maximum Gasteiger partial charge on any atom is 0.121 e. The minimum absolute atomic E-state index is 0.700. The van der Waals surface area contributed by atoms with Gasteiger partial charge in [-0.3, -0.25) is 4.90 Å². The van der Waals surface area contributed by atoms with Crippen LogP contribution >= 0.6 is 0 Å². The van der Waals surface area contributed by atoms with Gasteiger partial charge in [-0.05, 0) is 49.4 Å². The van der Waals surface area contributed by atoms with Gasteiger partial charge in [0, 0.05) is 31.8 Å². The van der Waals surface area contributed by atoms with Crippen molar-refractivity contribution in [2.75, 3.05) is 46.1 Å². The Kier molecular flexibility index (Phi) is 5.45. The molecule has 2 aliphatic rings. The van der Waals surface area contributed by atoms with E-state index in [1.54, 1.807) is 0 Å². The molecule has 0 spiro atoms. The number of ether oxygens (including phenoxy) is 3. The van der Waals surface area contributed by atoms with Crippen molar-refractivity contribution in [2.24, 2.45) is 5.92 Å². The molecule has 2 fully saturated rings. The number of benzene rings is 2. The second-order valence-corrected chi connectivity index (χ2v) is 7.94. The minimum Gasteiger partial charge on any atom is -0.493 e. The van der Waals surface area contributed by atoms with Gasteiger partial charge in [0.1, 0.15) is 11.5 Å². The molecule has 6 nitrogen and oxygen atoms in total. The van der Waals surface area contributed by atoms with Crippen LogP contribution in [0.4, 0.5) is 0 Å². The summed E-state index contributed by atoms with van der Waals surface area (Å²) in [5, 5.41) is 0. The summed E-state index contributed by atoms with van der Waals surface area (Å²) in [5.74, 6) is 2.46. The molecule has 0 N–H and O–H groups in total. The highest BCUT2D eigenvalue weighted by Crippen LogP contribution is 2.30. The van der Waals surface area contributed by atoms with Gasteiger partial charge in [0.15, 0.2) is 0 Å². The van der Waals surface area contributed by atoms with Crippen LogP contribution in [0.3, 0.4) is 0 Å². The molecule has 1 saturated carbocycles. The molecule has 3 aromatic rings. The molecule has 2 heterocycles. The number of fused-ring (bicyclic) bond motifs is 2. The van der Waals surface area contributed by atoms with Crippen LogP contribution in [0.1, 0.15) is 19.3 Å². The zero-order valence-corrected chi connectivity index (χ0v) is 16.7. The monoisotopic (exact) mass is 393 g/mol. The lowest BCUT2D eigenvalue weighted by atomic mass is 10.2. The highest BCUT2D eigenvalue weighted by atomic mass is 16.5. The third kappa shape index (κ3) is 4.77. The average Bonchev–Trinajstić information content (AvgIpc) is 3.59. The molecule has 1 saturated heterocycles. The van der Waals surface area contributed by atoms with Crippen molar-refractivity contribution in [1.82, 2.24) is 14.9 Å². The van der Waals surface area contributed by atoms with Crippen molar-refractivity contribution in [3.8, 4) is 11.5 Å². The third-order valence-electron chi connectivity index (χ3n) is 5.55. The van der Waals surface area contributed by atoms with Crippen molar-refractivity contribution >= 4 is 22.1 Å². The Hall–Kier alpha value is -2.44. The standard InChI is InChI=1S/C23H27N3O3/c1(8-26-9-12-27-13-10-26)11-28-18-4-6-20-22(14-18)24-21-7-5-19(15-23(21)25-20)29-16-17-2-3-17/h4-7,14-15,17H,1-3,8-13,16H2. The molecule has 1 aliphatic heterocycles. The van der Waals surface area contributed by atoms with E-state index in [1.807, 2.05) is 36.4 Å². The first kappa shape index (κ1) is 18.6. The molecule has 0 atom stereocenters. The Morgan fingerprint density at radius 2 is 1.52 bits per heavy atom. The smallest absolute Gasteiger partial charge is 0.121 e. The highest BCUT2D eigenvalue weighted by molar-refractivity contribution is 5.87. The van der Waals surface area contributed by atoms with E-state index in [0.29, 0.717) is 6.61 Å². The Labute approximate surface area is 170 Å². The molecule has 0 amide bonds. The molecule has 152 valence electrons. The second kappa shape index (κ2) is 8.51. The fraction of sp³-hybridized carbons (Fsp3) is 0.478. The van der Waals surface area contributed by atoms with Gasteiger partial charge in [-0.2, -0.15) is 0 Å². The molecule has 0 unspecified atom stereocenters. The number of aromatic nitrogens is 2. The van der Waals surface area contributed by atoms with Crippen LogP contribution in [-0.2, 0) is 4.74 Å². The predicted molar refractivity (Wildman–Crippen MR) is 113 cm³/mol. The van der Waals surface area contributed by atoms with Crippen molar-refractivity contribution < 1.29 is 14.2 Å². The Bertz CT molecular complexity index is 984. The fourth-order valence-corrected chi connectivity index (χ4v) is 3.62. The fourth-order valence-electron chi connectivity index (χ4n) is 3.62. The average molecular weight is 393 g/mol. The number of rotatable bonds is 8. The summed E-state index contributed by atoms with van der Waals surface area (Å²) in [7, 11) is 0. The summed E-state index contributed by atoms with van der Waals surface area (Å²) in [6.07, 6.45) is 3.58. The lowest BCUT2D eigenvalue weighted by Gasteiger charge is -2.26. The number of morpholine rings is 1. The molecule has 2 aromatic carbocycles. The summed E-state index contributed by atoms with van der Waals surface area (Å²) in [4.78, 5) is 12.0. The Balaban J connectivity index is 1.23. The minimum atomic E-state index is 0.700. The van der Waals surface area contributed by atoms with Crippen LogP contribution in [-0.4, -0.2) is 60.9 Å². The molecular formula is C23H27N3O3. The van der Waals surface area contributed by atoms with E-state index in [0.717, 1.165) is 85.4 Å². The largest absolute Gasteiger partial charge is 0.493 e. The van der Waals surface area contributed by atoms with E-state index in [-0.39, 0.29) is 0 Å². The summed E-state index contributed by atoms with van der Waals surface area (Å²) >= 11 is 0. The molecule has 0 radical (unpaired) electrons. The normalized spacial score (nSPS) is 17.7. The van der Waals surface area contributed by atoms with E-state index in [1.165, 1.54) is 12.8 Å². The number of hydrogen-bond acceptors (Lipinski definition) is 6. The van der Waals surface area contributed by atoms with E-state index in [4.69, 9.17) is 24.2 Å². The molecule has 5 rings (SSSR count). The Morgan fingerprint density at radius 1 is 0.862 bits per heavy atom. The first-order valence-electron chi connectivity index (χ1n) is 10.6. The van der Waals surface area contributed by atoms with Crippen LogP contribution in [0.15, 0.2) is 36.4 Å². The van der Waals surface area contributed by atoms with Crippen molar-refractivity contribution in [1.29, 1.82) is 0 Å². The lowest BCUT2D eigenvalue weighted by molar-refractivity contribution is 0.0358. The van der Waals surface area contributed by atoms with Gasteiger partial charge in [-0.1, -0.05) is 0 Å². The molecule has 1 aromatic heterocycles. The Morgan fingerprint density at radius 3 is 2.17 bits per heavy atom. The van der Waals surface area contributed by atoms with Crippen molar-refractivity contribution in [3.05, 3.63) is 36.4 Å². The van der Waals surface area contributed by atoms with Gasteiger partial charge >= 0.3 is 0 Å². The molecule has 6 heteroatoms. The van der Waals surface area contributed by atoms with E-state index >= 15 is 0 Å². The van der Waals surface area contributed by atoms with Crippen LogP contribution in [0.5, 0.6) is 11.5 Å². The lowest BCUT2D eigenvalue weighted by Crippen LogP contribution is -2.37. The maximum atomic E-state index is 5.95. The second-order valence-electron chi connectivity index (χ2n) is 7.94. The molecular weight excluding hydrogens is 366 g/mol. The van der Waals surface area contributed by atoms with Crippen molar-refractivity contribution in [2.45, 2.75) is 19.3 Å². The first-order valence-corrected chi connectivity index (χ1v) is 10.6. The van der Waals surface area contributed by atoms with Gasteiger partial charge in [-0.15, -0.1) is 0 Å². The highest BCUT2D eigenvalue weighted by Gasteiger charge is 2.22. The summed E-state index contributed by atoms with van der Waals surface area (Å²) in [6, 6.07) is 11.9. The van der Waals surface area contributed by atoms with Gasteiger partial charge in [-0.25, -0.2) is 9.97 Å². The first-order chi connectivity index (χ1) is 14.3. The quantitative estimate of drug-likeness (QED) is 0.430. The van der Waals surface area contributed by atoms with E-state index < -0.39 is 0 Å². The third-order valence-corrected chi connectivity index (χ3v) is 5.55. The molecule has 0 bridgehead atoms.